The Morgan fingerprint density at radius 1 is 0.583 bits per heavy atom. The van der Waals surface area contributed by atoms with Crippen LogP contribution in [0.15, 0.2) is 84.0 Å². The predicted molar refractivity (Wildman–Crippen MR) is 102 cm³/mol. The van der Waals surface area contributed by atoms with Gasteiger partial charge in [0.05, 0.1) is 0 Å². The Hall–Kier alpha value is -2.08. The number of hydrogen-bond acceptors (Lipinski definition) is 0. The standard InChI is InChI=1S/C24H26/c1-17-18(2)24-16-21(13-19-9-5-3-6-10-19)23(17)15-22(24)14-20-11-7-4-8-12-20/h3-12,15-18,23-24H,13-14H2,1-2H3/t17-,18-,23-,24-/m0/s1. The highest BCUT2D eigenvalue weighted by atomic mass is 14.4. The van der Waals surface area contributed by atoms with Crippen LogP contribution in [0.2, 0.25) is 0 Å². The van der Waals surface area contributed by atoms with Gasteiger partial charge in [-0.25, -0.2) is 0 Å². The van der Waals surface area contributed by atoms with E-state index in [1.165, 1.54) is 11.1 Å². The van der Waals surface area contributed by atoms with E-state index >= 15 is 0 Å². The fraction of sp³-hybridized carbons (Fsp3) is 0.333. The Morgan fingerprint density at radius 2 is 0.958 bits per heavy atom. The molecule has 0 radical (unpaired) electrons. The van der Waals surface area contributed by atoms with Gasteiger partial charge in [0.1, 0.15) is 0 Å². The molecule has 0 amide bonds. The monoisotopic (exact) mass is 314 g/mol. The van der Waals surface area contributed by atoms with Gasteiger partial charge in [0.25, 0.3) is 0 Å². The maximum absolute atomic E-state index is 2.60. The Kier molecular flexibility index (Phi) is 4.14. The van der Waals surface area contributed by atoms with Gasteiger partial charge in [-0.1, -0.05) is 97.8 Å². The lowest BCUT2D eigenvalue weighted by molar-refractivity contribution is 0.237. The first-order valence-electron chi connectivity index (χ1n) is 9.21. The minimum absolute atomic E-state index is 0.615. The second kappa shape index (κ2) is 6.43. The summed E-state index contributed by atoms with van der Waals surface area (Å²) in [5.41, 5.74) is 6.14. The fourth-order valence-electron chi connectivity index (χ4n) is 4.55. The molecular weight excluding hydrogens is 288 g/mol. The smallest absolute Gasteiger partial charge is 0.00118 e. The van der Waals surface area contributed by atoms with Crippen molar-refractivity contribution < 1.29 is 0 Å². The summed E-state index contributed by atoms with van der Waals surface area (Å²) in [5.74, 6) is 2.73. The highest BCUT2D eigenvalue weighted by Crippen LogP contribution is 2.48. The van der Waals surface area contributed by atoms with Crippen molar-refractivity contribution in [2.45, 2.75) is 26.7 Å². The van der Waals surface area contributed by atoms with Crippen LogP contribution in [0.1, 0.15) is 25.0 Å². The summed E-state index contributed by atoms with van der Waals surface area (Å²) >= 11 is 0. The minimum atomic E-state index is 0.615. The highest BCUT2D eigenvalue weighted by molar-refractivity contribution is 5.39. The van der Waals surface area contributed by atoms with E-state index in [0.29, 0.717) is 11.8 Å². The zero-order valence-electron chi connectivity index (χ0n) is 14.7. The third-order valence-corrected chi connectivity index (χ3v) is 6.11. The average Bonchev–Trinajstić information content (AvgIpc) is 2.62. The van der Waals surface area contributed by atoms with Gasteiger partial charge in [-0.05, 0) is 35.8 Å². The number of hydrogen-bond donors (Lipinski definition) is 0. The van der Waals surface area contributed by atoms with Crippen molar-refractivity contribution in [2.24, 2.45) is 23.7 Å². The Bertz CT molecular complexity index is 684. The Morgan fingerprint density at radius 3 is 1.33 bits per heavy atom. The molecule has 3 aliphatic rings. The molecule has 0 spiro atoms. The predicted octanol–water partition coefficient (Wildman–Crippen LogP) is 5.86. The highest BCUT2D eigenvalue weighted by Gasteiger charge is 2.39. The SMILES string of the molecule is C[C@H]1[C@H](C)[C@@H]2C=C(Cc3ccccc3)[C@H]1C=C2Cc1ccccc1. The number of allylic oxidation sites excluding steroid dienone is 4. The molecule has 0 nitrogen and oxygen atoms in total. The number of rotatable bonds is 4. The molecule has 0 aromatic heterocycles. The minimum Gasteiger partial charge on any atom is -0.0769 e. The van der Waals surface area contributed by atoms with Gasteiger partial charge < -0.3 is 0 Å². The third-order valence-electron chi connectivity index (χ3n) is 6.11. The van der Waals surface area contributed by atoms with Crippen LogP contribution in [-0.2, 0) is 12.8 Å². The van der Waals surface area contributed by atoms with E-state index in [-0.39, 0.29) is 0 Å². The fourth-order valence-corrected chi connectivity index (χ4v) is 4.55. The molecule has 0 heterocycles. The topological polar surface area (TPSA) is 0 Å². The first-order valence-corrected chi connectivity index (χ1v) is 9.21. The summed E-state index contributed by atoms with van der Waals surface area (Å²) < 4.78 is 0. The van der Waals surface area contributed by atoms with Gasteiger partial charge in [0, 0.05) is 11.8 Å². The molecule has 3 aliphatic carbocycles. The largest absolute Gasteiger partial charge is 0.0769 e. The molecule has 0 heteroatoms. The summed E-state index contributed by atoms with van der Waals surface area (Å²) in [6.07, 6.45) is 7.41. The first kappa shape index (κ1) is 15.4. The lowest BCUT2D eigenvalue weighted by Crippen LogP contribution is -2.36. The van der Waals surface area contributed by atoms with Crippen LogP contribution in [0, 0.1) is 23.7 Å². The molecule has 122 valence electrons. The Labute approximate surface area is 145 Å². The third kappa shape index (κ3) is 2.86. The molecular formula is C24H26. The quantitative estimate of drug-likeness (QED) is 0.620. The second-order valence-corrected chi connectivity index (χ2v) is 7.58. The molecule has 2 aromatic rings. The molecule has 0 saturated carbocycles. The van der Waals surface area contributed by atoms with Crippen molar-refractivity contribution in [3.8, 4) is 0 Å². The average molecular weight is 314 g/mol. The number of benzene rings is 2. The molecule has 5 rings (SSSR count). The summed E-state index contributed by atoms with van der Waals surface area (Å²) in [6.45, 7) is 4.88. The zero-order chi connectivity index (χ0) is 16.5. The van der Waals surface area contributed by atoms with Crippen molar-refractivity contribution in [1.29, 1.82) is 0 Å². The van der Waals surface area contributed by atoms with Crippen LogP contribution in [0.25, 0.3) is 0 Å². The molecule has 24 heavy (non-hydrogen) atoms. The van der Waals surface area contributed by atoms with Crippen LogP contribution >= 0.6 is 0 Å². The molecule has 0 fully saturated rings. The molecule has 2 aromatic carbocycles. The van der Waals surface area contributed by atoms with Crippen LogP contribution in [-0.4, -0.2) is 0 Å². The van der Waals surface area contributed by atoms with Gasteiger partial charge in [0.2, 0.25) is 0 Å². The molecule has 4 atom stereocenters. The van der Waals surface area contributed by atoms with Crippen molar-refractivity contribution in [3.05, 3.63) is 95.1 Å². The Balaban J connectivity index is 1.59. The van der Waals surface area contributed by atoms with E-state index in [2.05, 4.69) is 86.7 Å². The van der Waals surface area contributed by atoms with Crippen LogP contribution in [0.5, 0.6) is 0 Å². The van der Waals surface area contributed by atoms with E-state index in [1.807, 2.05) is 0 Å². The van der Waals surface area contributed by atoms with E-state index in [1.54, 1.807) is 11.1 Å². The van der Waals surface area contributed by atoms with E-state index in [9.17, 15) is 0 Å². The van der Waals surface area contributed by atoms with Gasteiger partial charge >= 0.3 is 0 Å². The van der Waals surface area contributed by atoms with Crippen molar-refractivity contribution in [2.75, 3.05) is 0 Å². The maximum atomic E-state index is 2.60. The second-order valence-electron chi connectivity index (χ2n) is 7.58. The van der Waals surface area contributed by atoms with Gasteiger partial charge in [-0.15, -0.1) is 0 Å². The van der Waals surface area contributed by atoms with Crippen LogP contribution < -0.4 is 0 Å². The molecule has 2 bridgehead atoms. The summed E-state index contributed by atoms with van der Waals surface area (Å²) in [6, 6.07) is 21.8. The summed E-state index contributed by atoms with van der Waals surface area (Å²) in [5, 5.41) is 0. The van der Waals surface area contributed by atoms with Crippen LogP contribution in [0.3, 0.4) is 0 Å². The lowest BCUT2D eigenvalue weighted by atomic mass is 9.60. The van der Waals surface area contributed by atoms with Crippen molar-refractivity contribution in [1.82, 2.24) is 0 Å². The molecule has 0 N–H and O–H groups in total. The maximum Gasteiger partial charge on any atom is 0.00118 e. The molecule has 0 unspecified atom stereocenters. The van der Waals surface area contributed by atoms with Crippen molar-refractivity contribution in [3.63, 3.8) is 0 Å². The molecule has 0 saturated heterocycles. The van der Waals surface area contributed by atoms with Crippen LogP contribution in [0.4, 0.5) is 0 Å². The van der Waals surface area contributed by atoms with Gasteiger partial charge in [-0.2, -0.15) is 0 Å². The zero-order valence-corrected chi connectivity index (χ0v) is 14.7. The van der Waals surface area contributed by atoms with Gasteiger partial charge in [0.15, 0.2) is 0 Å². The van der Waals surface area contributed by atoms with E-state index < -0.39 is 0 Å². The summed E-state index contributed by atoms with van der Waals surface area (Å²) in [4.78, 5) is 0. The number of fused-ring (bicyclic) bond motifs is 1. The van der Waals surface area contributed by atoms with Crippen molar-refractivity contribution >= 4 is 0 Å². The van der Waals surface area contributed by atoms with E-state index in [4.69, 9.17) is 0 Å². The van der Waals surface area contributed by atoms with E-state index in [0.717, 1.165) is 24.7 Å². The molecule has 0 aliphatic heterocycles. The normalized spacial score (nSPS) is 28.4. The summed E-state index contributed by atoms with van der Waals surface area (Å²) in [7, 11) is 0. The van der Waals surface area contributed by atoms with Gasteiger partial charge in [-0.3, -0.25) is 0 Å². The lowest BCUT2D eigenvalue weighted by Gasteiger charge is -2.45. The first-order chi connectivity index (χ1) is 11.7.